The van der Waals surface area contributed by atoms with Crippen molar-refractivity contribution in [2.75, 3.05) is 6.61 Å². The van der Waals surface area contributed by atoms with Gasteiger partial charge >= 0.3 is 0 Å². The van der Waals surface area contributed by atoms with E-state index in [1.54, 1.807) is 18.3 Å². The van der Waals surface area contributed by atoms with E-state index in [9.17, 15) is 8.42 Å². The number of sulfonamides is 1. The summed E-state index contributed by atoms with van der Waals surface area (Å²) in [5.41, 5.74) is 0. The van der Waals surface area contributed by atoms with E-state index >= 15 is 0 Å². The van der Waals surface area contributed by atoms with Crippen LogP contribution >= 0.6 is 11.3 Å². The van der Waals surface area contributed by atoms with E-state index in [1.807, 2.05) is 13.8 Å². The molecule has 1 heterocycles. The molecule has 20 heavy (non-hydrogen) atoms. The standard InChI is InChI=1S/C13H16N2O3S2/c1-3-18-11-4-6-12(7-5-11)20(16,17)15-9-13-14-8-10(2)19-13/h4-8,15H,3,9H2,1-2H3. The van der Waals surface area contributed by atoms with Crippen molar-refractivity contribution in [1.82, 2.24) is 9.71 Å². The Morgan fingerprint density at radius 3 is 2.55 bits per heavy atom. The van der Waals surface area contributed by atoms with Gasteiger partial charge < -0.3 is 4.74 Å². The molecule has 0 amide bonds. The highest BCUT2D eigenvalue weighted by Gasteiger charge is 2.14. The molecular formula is C13H16N2O3S2. The van der Waals surface area contributed by atoms with Gasteiger partial charge in [0, 0.05) is 11.1 Å². The van der Waals surface area contributed by atoms with Crippen molar-refractivity contribution in [3.8, 4) is 5.75 Å². The van der Waals surface area contributed by atoms with Crippen LogP contribution in [0.25, 0.3) is 0 Å². The minimum Gasteiger partial charge on any atom is -0.494 e. The molecule has 1 N–H and O–H groups in total. The molecule has 2 rings (SSSR count). The van der Waals surface area contributed by atoms with Gasteiger partial charge in [-0.3, -0.25) is 0 Å². The van der Waals surface area contributed by atoms with Crippen LogP contribution in [0.4, 0.5) is 0 Å². The number of ether oxygens (including phenoxy) is 1. The quantitative estimate of drug-likeness (QED) is 0.889. The highest BCUT2D eigenvalue weighted by molar-refractivity contribution is 7.89. The van der Waals surface area contributed by atoms with Crippen LogP contribution in [0.2, 0.25) is 0 Å². The number of benzene rings is 1. The molecule has 0 radical (unpaired) electrons. The van der Waals surface area contributed by atoms with Gasteiger partial charge in [0.2, 0.25) is 10.0 Å². The predicted octanol–water partition coefficient (Wildman–Crippen LogP) is 2.33. The summed E-state index contributed by atoms with van der Waals surface area (Å²) in [4.78, 5) is 5.40. The second kappa shape index (κ2) is 6.34. The molecule has 108 valence electrons. The van der Waals surface area contributed by atoms with Gasteiger partial charge in [0.15, 0.2) is 0 Å². The highest BCUT2D eigenvalue weighted by atomic mass is 32.2. The Morgan fingerprint density at radius 1 is 1.30 bits per heavy atom. The predicted molar refractivity (Wildman–Crippen MR) is 78.5 cm³/mol. The molecular weight excluding hydrogens is 296 g/mol. The lowest BCUT2D eigenvalue weighted by Crippen LogP contribution is -2.23. The van der Waals surface area contributed by atoms with Gasteiger partial charge in [-0.1, -0.05) is 0 Å². The summed E-state index contributed by atoms with van der Waals surface area (Å²) in [6, 6.07) is 6.35. The van der Waals surface area contributed by atoms with E-state index in [0.717, 1.165) is 9.88 Å². The largest absolute Gasteiger partial charge is 0.494 e. The molecule has 5 nitrogen and oxygen atoms in total. The third kappa shape index (κ3) is 3.78. The lowest BCUT2D eigenvalue weighted by Gasteiger charge is -2.07. The zero-order chi connectivity index (χ0) is 14.6. The van der Waals surface area contributed by atoms with Crippen molar-refractivity contribution in [1.29, 1.82) is 0 Å². The zero-order valence-electron chi connectivity index (χ0n) is 11.3. The summed E-state index contributed by atoms with van der Waals surface area (Å²) in [6.07, 6.45) is 1.73. The molecule has 0 aliphatic carbocycles. The lowest BCUT2D eigenvalue weighted by atomic mass is 10.3. The van der Waals surface area contributed by atoms with Gasteiger partial charge in [0.1, 0.15) is 10.8 Å². The molecule has 0 fully saturated rings. The first-order valence-electron chi connectivity index (χ1n) is 6.15. The van der Waals surface area contributed by atoms with E-state index < -0.39 is 10.0 Å². The van der Waals surface area contributed by atoms with Crippen LogP contribution in [0.5, 0.6) is 5.75 Å². The van der Waals surface area contributed by atoms with Crippen molar-refractivity contribution in [3.05, 3.63) is 40.3 Å². The van der Waals surface area contributed by atoms with E-state index in [2.05, 4.69) is 9.71 Å². The van der Waals surface area contributed by atoms with E-state index in [1.165, 1.54) is 23.5 Å². The average molecular weight is 312 g/mol. The zero-order valence-corrected chi connectivity index (χ0v) is 12.9. The van der Waals surface area contributed by atoms with Crippen LogP contribution in [0.3, 0.4) is 0 Å². The maximum absolute atomic E-state index is 12.1. The fourth-order valence-electron chi connectivity index (χ4n) is 1.60. The summed E-state index contributed by atoms with van der Waals surface area (Å²) in [5, 5.41) is 0.747. The van der Waals surface area contributed by atoms with Crippen molar-refractivity contribution >= 4 is 21.4 Å². The SMILES string of the molecule is CCOc1ccc(S(=O)(=O)NCc2ncc(C)s2)cc1. The smallest absolute Gasteiger partial charge is 0.240 e. The number of nitrogens with zero attached hydrogens (tertiary/aromatic N) is 1. The first-order valence-corrected chi connectivity index (χ1v) is 8.45. The van der Waals surface area contributed by atoms with Gasteiger partial charge in [-0.15, -0.1) is 11.3 Å². The van der Waals surface area contributed by atoms with Gasteiger partial charge in [0.05, 0.1) is 18.0 Å². The first kappa shape index (κ1) is 15.0. The third-order valence-electron chi connectivity index (χ3n) is 2.53. The number of nitrogens with one attached hydrogen (secondary N) is 1. The van der Waals surface area contributed by atoms with Crippen LogP contribution in [-0.4, -0.2) is 20.0 Å². The molecule has 0 unspecified atom stereocenters. The minimum absolute atomic E-state index is 0.202. The number of thiazole rings is 1. The molecule has 2 aromatic rings. The second-order valence-corrected chi connectivity index (χ2v) is 7.18. The number of rotatable bonds is 6. The number of aryl methyl sites for hydroxylation is 1. The van der Waals surface area contributed by atoms with E-state index in [4.69, 9.17) is 4.74 Å². The maximum atomic E-state index is 12.1. The van der Waals surface area contributed by atoms with E-state index in [-0.39, 0.29) is 11.4 Å². The lowest BCUT2D eigenvalue weighted by molar-refractivity contribution is 0.340. The Kier molecular flexibility index (Phi) is 4.74. The average Bonchev–Trinajstić information content (AvgIpc) is 2.84. The highest BCUT2D eigenvalue weighted by Crippen LogP contribution is 2.17. The Bertz CT molecular complexity index is 663. The summed E-state index contributed by atoms with van der Waals surface area (Å²) < 4.78 is 32.0. The molecule has 0 saturated heterocycles. The van der Waals surface area contributed by atoms with Crippen molar-refractivity contribution < 1.29 is 13.2 Å². The van der Waals surface area contributed by atoms with Crippen LogP contribution < -0.4 is 9.46 Å². The number of hydrogen-bond donors (Lipinski definition) is 1. The number of aromatic nitrogens is 1. The molecule has 0 bridgehead atoms. The summed E-state index contributed by atoms with van der Waals surface area (Å²) in [6.45, 7) is 4.56. The van der Waals surface area contributed by atoms with Crippen LogP contribution in [0.1, 0.15) is 16.8 Å². The summed E-state index contributed by atoms with van der Waals surface area (Å²) >= 11 is 1.47. The second-order valence-electron chi connectivity index (χ2n) is 4.09. The molecule has 0 saturated carbocycles. The van der Waals surface area contributed by atoms with Crippen LogP contribution in [-0.2, 0) is 16.6 Å². The molecule has 1 aromatic heterocycles. The number of hydrogen-bond acceptors (Lipinski definition) is 5. The minimum atomic E-state index is -3.52. The fourth-order valence-corrected chi connectivity index (χ4v) is 3.41. The third-order valence-corrected chi connectivity index (χ3v) is 4.86. The van der Waals surface area contributed by atoms with Gasteiger partial charge in [-0.25, -0.2) is 18.1 Å². The van der Waals surface area contributed by atoms with Crippen LogP contribution in [0.15, 0.2) is 35.4 Å². The summed E-state index contributed by atoms with van der Waals surface area (Å²) in [7, 11) is -3.52. The Morgan fingerprint density at radius 2 is 2.00 bits per heavy atom. The van der Waals surface area contributed by atoms with Gasteiger partial charge in [0.25, 0.3) is 0 Å². The first-order chi connectivity index (χ1) is 9.51. The van der Waals surface area contributed by atoms with Crippen molar-refractivity contribution in [2.45, 2.75) is 25.3 Å². The molecule has 1 aromatic carbocycles. The molecule has 7 heteroatoms. The molecule has 0 atom stereocenters. The Balaban J connectivity index is 2.05. The molecule has 0 aliphatic heterocycles. The van der Waals surface area contributed by atoms with Crippen LogP contribution in [0, 0.1) is 6.92 Å². The van der Waals surface area contributed by atoms with Crippen molar-refractivity contribution in [3.63, 3.8) is 0 Å². The molecule has 0 spiro atoms. The molecule has 0 aliphatic rings. The monoisotopic (exact) mass is 312 g/mol. The topological polar surface area (TPSA) is 68.3 Å². The fraction of sp³-hybridized carbons (Fsp3) is 0.308. The maximum Gasteiger partial charge on any atom is 0.240 e. The Labute approximate surface area is 122 Å². The Hall–Kier alpha value is -1.44. The van der Waals surface area contributed by atoms with Gasteiger partial charge in [-0.05, 0) is 38.1 Å². The van der Waals surface area contributed by atoms with E-state index in [0.29, 0.717) is 12.4 Å². The van der Waals surface area contributed by atoms with Crippen molar-refractivity contribution in [2.24, 2.45) is 0 Å². The van der Waals surface area contributed by atoms with Gasteiger partial charge in [-0.2, -0.15) is 0 Å². The normalized spacial score (nSPS) is 11.5. The summed E-state index contributed by atoms with van der Waals surface area (Å²) in [5.74, 6) is 0.655.